The van der Waals surface area contributed by atoms with Gasteiger partial charge in [0.2, 0.25) is 0 Å². The van der Waals surface area contributed by atoms with Gasteiger partial charge in [-0.05, 0) is 0 Å². The van der Waals surface area contributed by atoms with Gasteiger partial charge < -0.3 is 36.2 Å². The second-order valence-corrected chi connectivity index (χ2v) is 1.30. The molecular formula is H15ClCrN5O5-2. The molecule has 0 heterocycles. The zero-order valence-corrected chi connectivity index (χ0v) is 7.95. The van der Waals surface area contributed by atoms with Crippen LogP contribution in [0.5, 0.6) is 0 Å². The number of rotatable bonds is 0. The predicted octanol–water partition coefficient (Wildman–Crippen LogP) is -0.102. The first-order chi connectivity index (χ1) is 2.00. The van der Waals surface area contributed by atoms with Crippen molar-refractivity contribution in [2.75, 3.05) is 0 Å². The third kappa shape index (κ3) is 5180. The molecule has 0 unspecified atom stereocenters. The summed E-state index contributed by atoms with van der Waals surface area (Å²) in [4.78, 5) is 0. The van der Waals surface area contributed by atoms with E-state index in [1.807, 2.05) is 0 Å². The second kappa shape index (κ2) is 30.1. The van der Waals surface area contributed by atoms with Crippen molar-refractivity contribution in [2.45, 2.75) is 0 Å². The number of hydrogen-bond donors (Lipinski definition) is 3. The van der Waals surface area contributed by atoms with E-state index >= 15 is 0 Å². The van der Waals surface area contributed by atoms with Crippen LogP contribution in [-0.2, 0) is 17.4 Å². The molecule has 0 aliphatic carbocycles. The zero-order valence-electron chi connectivity index (χ0n) is 5.92. The molecule has 10 nitrogen and oxygen atoms in total. The van der Waals surface area contributed by atoms with Crippen LogP contribution in [0.4, 0.5) is 0 Å². The first-order valence-electron chi connectivity index (χ1n) is 0.661. The van der Waals surface area contributed by atoms with Crippen molar-refractivity contribution < 1.29 is 51.7 Å². The molecule has 0 atom stereocenters. The Morgan fingerprint density at radius 2 is 0.750 bits per heavy atom. The van der Waals surface area contributed by atoms with Crippen LogP contribution in [0.25, 0.3) is 30.8 Å². The molecule has 0 aliphatic heterocycles. The van der Waals surface area contributed by atoms with E-state index in [0.717, 1.165) is 0 Å². The average molecular weight is 253 g/mol. The summed E-state index contributed by atoms with van der Waals surface area (Å²) in [7, 11) is -4.19. The molecule has 0 amide bonds. The minimum atomic E-state index is -4.19. The summed E-state index contributed by atoms with van der Waals surface area (Å²) in [6, 6.07) is 0. The molecule has 12 heavy (non-hydrogen) atoms. The van der Waals surface area contributed by atoms with Crippen LogP contribution in [0, 0.1) is 10.2 Å². The number of halogens is 1. The molecule has 0 aromatic heterocycles. The van der Waals surface area contributed by atoms with E-state index in [1.54, 1.807) is 0 Å². The van der Waals surface area contributed by atoms with Crippen LogP contribution >= 0.6 is 0 Å². The summed E-state index contributed by atoms with van der Waals surface area (Å²) >= 11 is 0. The van der Waals surface area contributed by atoms with Crippen LogP contribution in [-0.4, -0.2) is 19.5 Å². The topological polar surface area (TPSA) is 283 Å². The van der Waals surface area contributed by atoms with Crippen LogP contribution in [0.1, 0.15) is 0 Å². The normalized spacial score (nSPS) is 6.33. The van der Waals surface area contributed by atoms with Gasteiger partial charge in [0.15, 0.2) is 0 Å². The van der Waals surface area contributed by atoms with E-state index in [4.69, 9.17) is 18.6 Å². The summed E-state index contributed by atoms with van der Waals surface area (Å²) < 4.78 is 30.2. The maximum absolute atomic E-state index is 8.83. The van der Waals surface area contributed by atoms with Gasteiger partial charge in [-0.2, -0.15) is 0 Å². The molecule has 0 aromatic rings. The Balaban J connectivity index is -0.00000000381. The van der Waals surface area contributed by atoms with Crippen molar-refractivity contribution in [2.24, 2.45) is 0 Å². The molecule has 0 saturated carbocycles. The van der Waals surface area contributed by atoms with Crippen LogP contribution in [0.3, 0.4) is 0 Å². The first kappa shape index (κ1) is 82.9. The van der Waals surface area contributed by atoms with Crippen LogP contribution in [0.2, 0.25) is 0 Å². The monoisotopic (exact) mass is 252 g/mol. The fourth-order valence-electron chi connectivity index (χ4n) is 0. The second-order valence-electron chi connectivity index (χ2n) is 0.434. The van der Waals surface area contributed by atoms with Crippen molar-refractivity contribution in [1.82, 2.24) is 0 Å². The SMILES string of the molecule is O.[Cr+3].[NH2-].[NH2-].[NH2-].[NH2-].[NH2-].[O-][Cl+](O)(O)O. The van der Waals surface area contributed by atoms with Gasteiger partial charge in [-0.3, -0.25) is 0 Å². The Labute approximate surface area is 83.0 Å². The molecule has 0 bridgehead atoms. The number of hydrogen-bond acceptors (Lipinski definition) is 4. The molecule has 0 saturated heterocycles. The maximum atomic E-state index is 8.83. The van der Waals surface area contributed by atoms with Gasteiger partial charge in [0.05, 0.1) is 0 Å². The van der Waals surface area contributed by atoms with Crippen molar-refractivity contribution in [1.29, 1.82) is 0 Å². The summed E-state index contributed by atoms with van der Waals surface area (Å²) in [5.41, 5.74) is 0. The van der Waals surface area contributed by atoms with Gasteiger partial charge in [-0.1, -0.05) is 0 Å². The van der Waals surface area contributed by atoms with Gasteiger partial charge in [-0.15, -0.1) is 0 Å². The van der Waals surface area contributed by atoms with Gasteiger partial charge in [0.1, 0.15) is 0 Å². The summed E-state index contributed by atoms with van der Waals surface area (Å²) in [6.07, 6.45) is 0. The first-order valence-corrected chi connectivity index (χ1v) is 1.98. The number of nitrogens with two attached hydrogens (primary N) is 5. The predicted molar refractivity (Wildman–Crippen MR) is 36.7 cm³/mol. The summed E-state index contributed by atoms with van der Waals surface area (Å²) in [5.74, 6) is 0. The molecular weight excluding hydrogens is 237 g/mol. The quantitative estimate of drug-likeness (QED) is 0.531. The minimum absolute atomic E-state index is 0. The van der Waals surface area contributed by atoms with Crippen LogP contribution in [0.15, 0.2) is 0 Å². The van der Waals surface area contributed by atoms with E-state index in [9.17, 15) is 0 Å². The third-order valence-electron chi connectivity index (χ3n) is 0. The molecule has 12 heteroatoms. The summed E-state index contributed by atoms with van der Waals surface area (Å²) in [6.45, 7) is 0. The molecule has 0 fully saturated rings. The zero-order chi connectivity index (χ0) is 4.50. The van der Waals surface area contributed by atoms with Crippen molar-refractivity contribution in [3.63, 3.8) is 0 Å². The third-order valence-corrected chi connectivity index (χ3v) is 0. The van der Waals surface area contributed by atoms with Crippen LogP contribution < -0.4 is 4.66 Å². The van der Waals surface area contributed by atoms with E-state index in [0.29, 0.717) is 0 Å². The Morgan fingerprint density at radius 1 is 0.750 bits per heavy atom. The fourth-order valence-corrected chi connectivity index (χ4v) is 0. The molecule has 85 valence electrons. The molecule has 1 radical (unpaired) electrons. The van der Waals surface area contributed by atoms with E-state index in [2.05, 4.69) is 0 Å². The van der Waals surface area contributed by atoms with Gasteiger partial charge in [-0.25, -0.2) is 0 Å². The Morgan fingerprint density at radius 3 is 0.750 bits per heavy atom. The molecule has 0 spiro atoms. The van der Waals surface area contributed by atoms with E-state index < -0.39 is 10.2 Å². The molecule has 0 aliphatic rings. The fraction of sp³-hybridized carbons (Fsp3) is 0. The van der Waals surface area contributed by atoms with E-state index in [1.165, 1.54) is 0 Å². The molecule has 0 rings (SSSR count). The van der Waals surface area contributed by atoms with Gasteiger partial charge in [0.25, 0.3) is 0 Å². The van der Waals surface area contributed by atoms with Gasteiger partial charge >= 0.3 is 46.2 Å². The standard InChI is InChI=1S/ClH3O4.Cr.5H2N.H2O/c2-1(3,4)5;;;;;;;/h2-4H;;6*1H2/q;+3;5*-1;. The van der Waals surface area contributed by atoms with Gasteiger partial charge in [0, 0.05) is 0 Å². The van der Waals surface area contributed by atoms with Crippen molar-refractivity contribution in [3.05, 3.63) is 30.8 Å². The molecule has 15 N–H and O–H groups in total. The average Bonchev–Trinajstić information content (AvgIpc) is 0.722. The summed E-state index contributed by atoms with van der Waals surface area (Å²) in [5, 5.41) is 0. The van der Waals surface area contributed by atoms with Crippen molar-refractivity contribution >= 4 is 0 Å². The Bertz CT molecular complexity index is 35.3. The Hall–Kier alpha value is 0.422. The Kier molecular flexibility index (Phi) is 208. The van der Waals surface area contributed by atoms with Crippen molar-refractivity contribution in [3.8, 4) is 0 Å². The van der Waals surface area contributed by atoms with E-state index in [-0.39, 0.29) is 53.6 Å². The molecule has 0 aromatic carbocycles.